The first-order valence-corrected chi connectivity index (χ1v) is 10.1. The van der Waals surface area contributed by atoms with E-state index in [0.717, 1.165) is 32.1 Å². The molecule has 3 fully saturated rings. The smallest absolute Gasteiger partial charge is 0.243 e. The number of nitrogens with one attached hydrogen (secondary N) is 1. The van der Waals surface area contributed by atoms with E-state index in [1.54, 1.807) is 4.90 Å². The Morgan fingerprint density at radius 2 is 1.64 bits per heavy atom. The standard InChI is InChI=1S/C15H24N2O4S/c18-14(16-12-6-9-22(20,21)10-7-12)13-3-1-2-8-17(13)15(19)11-4-5-11/h11-13H,1-10H2,(H,16,18). The Bertz CT molecular complexity index is 542. The van der Waals surface area contributed by atoms with Crippen LogP contribution >= 0.6 is 0 Å². The second-order valence-electron chi connectivity index (χ2n) is 6.75. The second-order valence-corrected chi connectivity index (χ2v) is 9.06. The van der Waals surface area contributed by atoms with Crippen molar-refractivity contribution >= 4 is 21.7 Å². The molecule has 22 heavy (non-hydrogen) atoms. The van der Waals surface area contributed by atoms with Crippen molar-refractivity contribution in [3.05, 3.63) is 0 Å². The molecule has 1 N–H and O–H groups in total. The minimum absolute atomic E-state index is 0.0733. The Morgan fingerprint density at radius 3 is 2.27 bits per heavy atom. The third-order valence-electron chi connectivity index (χ3n) is 4.92. The number of rotatable bonds is 3. The van der Waals surface area contributed by atoms with Crippen molar-refractivity contribution < 1.29 is 18.0 Å². The molecular formula is C15H24N2O4S. The number of carbonyl (C=O) groups is 2. The van der Waals surface area contributed by atoms with Gasteiger partial charge in [-0.3, -0.25) is 9.59 Å². The minimum atomic E-state index is -2.92. The first-order chi connectivity index (χ1) is 10.5. The van der Waals surface area contributed by atoms with Gasteiger partial charge in [0, 0.05) is 18.5 Å². The Balaban J connectivity index is 1.58. The summed E-state index contributed by atoms with van der Waals surface area (Å²) in [7, 11) is -2.92. The van der Waals surface area contributed by atoms with Crippen LogP contribution in [-0.2, 0) is 19.4 Å². The maximum Gasteiger partial charge on any atom is 0.243 e. The molecule has 0 bridgehead atoms. The summed E-state index contributed by atoms with van der Waals surface area (Å²) in [5.74, 6) is 0.456. The van der Waals surface area contributed by atoms with Crippen LogP contribution in [0.4, 0.5) is 0 Å². The average Bonchev–Trinajstić information content (AvgIpc) is 3.33. The Morgan fingerprint density at radius 1 is 0.955 bits per heavy atom. The summed E-state index contributed by atoms with van der Waals surface area (Å²) >= 11 is 0. The van der Waals surface area contributed by atoms with Gasteiger partial charge in [-0.25, -0.2) is 8.42 Å². The van der Waals surface area contributed by atoms with Crippen molar-refractivity contribution in [1.29, 1.82) is 0 Å². The van der Waals surface area contributed by atoms with Crippen LogP contribution in [0.2, 0.25) is 0 Å². The van der Waals surface area contributed by atoms with Gasteiger partial charge < -0.3 is 10.2 Å². The molecule has 2 amide bonds. The number of hydrogen-bond acceptors (Lipinski definition) is 4. The zero-order chi connectivity index (χ0) is 15.7. The topological polar surface area (TPSA) is 83.6 Å². The Labute approximate surface area is 131 Å². The molecule has 7 heteroatoms. The van der Waals surface area contributed by atoms with Crippen LogP contribution in [0, 0.1) is 5.92 Å². The van der Waals surface area contributed by atoms with Crippen molar-refractivity contribution in [2.75, 3.05) is 18.1 Å². The number of amides is 2. The monoisotopic (exact) mass is 328 g/mol. The quantitative estimate of drug-likeness (QED) is 0.816. The molecule has 124 valence electrons. The maximum atomic E-state index is 12.5. The lowest BCUT2D eigenvalue weighted by atomic mass is 10.00. The molecule has 0 aromatic rings. The number of sulfone groups is 1. The van der Waals surface area contributed by atoms with Crippen LogP contribution in [0.25, 0.3) is 0 Å². The molecule has 0 aromatic heterocycles. The lowest BCUT2D eigenvalue weighted by Gasteiger charge is -2.36. The molecule has 3 rings (SSSR count). The molecule has 0 radical (unpaired) electrons. The molecule has 1 unspecified atom stereocenters. The number of carbonyl (C=O) groups excluding carboxylic acids is 2. The molecule has 1 aliphatic carbocycles. The zero-order valence-corrected chi connectivity index (χ0v) is 13.6. The summed E-state index contributed by atoms with van der Waals surface area (Å²) in [6.07, 6.45) is 5.51. The van der Waals surface area contributed by atoms with Gasteiger partial charge in [-0.2, -0.15) is 0 Å². The highest BCUT2D eigenvalue weighted by molar-refractivity contribution is 7.91. The normalized spacial score (nSPS) is 29.1. The molecule has 2 saturated heterocycles. The highest BCUT2D eigenvalue weighted by atomic mass is 32.2. The van der Waals surface area contributed by atoms with Crippen LogP contribution in [-0.4, -0.2) is 55.3 Å². The van der Waals surface area contributed by atoms with Crippen LogP contribution in [0.15, 0.2) is 0 Å². The first kappa shape index (κ1) is 15.8. The van der Waals surface area contributed by atoms with Crippen LogP contribution in [0.3, 0.4) is 0 Å². The molecule has 6 nitrogen and oxygen atoms in total. The van der Waals surface area contributed by atoms with Crippen molar-refractivity contribution in [3.63, 3.8) is 0 Å². The van der Waals surface area contributed by atoms with Crippen molar-refractivity contribution in [2.24, 2.45) is 5.92 Å². The number of piperidine rings is 1. The van der Waals surface area contributed by atoms with Gasteiger partial charge in [0.05, 0.1) is 11.5 Å². The van der Waals surface area contributed by atoms with Gasteiger partial charge in [0.25, 0.3) is 0 Å². The fourth-order valence-corrected chi connectivity index (χ4v) is 4.86. The number of likely N-dealkylation sites (tertiary alicyclic amines) is 1. The lowest BCUT2D eigenvalue weighted by molar-refractivity contribution is -0.143. The van der Waals surface area contributed by atoms with Gasteiger partial charge in [-0.05, 0) is 44.9 Å². The van der Waals surface area contributed by atoms with E-state index < -0.39 is 9.84 Å². The van der Waals surface area contributed by atoms with Crippen LogP contribution in [0.5, 0.6) is 0 Å². The van der Waals surface area contributed by atoms with E-state index in [1.165, 1.54) is 0 Å². The highest BCUT2D eigenvalue weighted by Crippen LogP contribution is 2.33. The van der Waals surface area contributed by atoms with E-state index in [4.69, 9.17) is 0 Å². The summed E-state index contributed by atoms with van der Waals surface area (Å²) in [5.41, 5.74) is 0. The van der Waals surface area contributed by atoms with E-state index in [-0.39, 0.29) is 41.3 Å². The highest BCUT2D eigenvalue weighted by Gasteiger charge is 2.40. The predicted octanol–water partition coefficient (Wildman–Crippen LogP) is 0.471. The van der Waals surface area contributed by atoms with E-state index in [2.05, 4.69) is 5.32 Å². The van der Waals surface area contributed by atoms with Gasteiger partial charge in [-0.15, -0.1) is 0 Å². The Hall–Kier alpha value is -1.11. The largest absolute Gasteiger partial charge is 0.352 e. The van der Waals surface area contributed by atoms with Crippen molar-refractivity contribution in [2.45, 2.75) is 57.0 Å². The minimum Gasteiger partial charge on any atom is -0.352 e. The van der Waals surface area contributed by atoms with Crippen molar-refractivity contribution in [3.8, 4) is 0 Å². The fraction of sp³-hybridized carbons (Fsp3) is 0.867. The number of hydrogen-bond donors (Lipinski definition) is 1. The van der Waals surface area contributed by atoms with Crippen molar-refractivity contribution in [1.82, 2.24) is 10.2 Å². The summed E-state index contributed by atoms with van der Waals surface area (Å²) < 4.78 is 22.9. The van der Waals surface area contributed by atoms with Gasteiger partial charge in [0.1, 0.15) is 15.9 Å². The molecule has 0 spiro atoms. The van der Waals surface area contributed by atoms with Gasteiger partial charge >= 0.3 is 0 Å². The first-order valence-electron chi connectivity index (χ1n) is 8.27. The van der Waals surface area contributed by atoms with Gasteiger partial charge in [-0.1, -0.05) is 0 Å². The molecule has 1 atom stereocenters. The van der Waals surface area contributed by atoms with Gasteiger partial charge in [0.15, 0.2) is 0 Å². The van der Waals surface area contributed by atoms with Crippen LogP contribution in [0.1, 0.15) is 44.9 Å². The molecule has 1 saturated carbocycles. The molecule has 2 heterocycles. The molecule has 2 aliphatic heterocycles. The summed E-state index contributed by atoms with van der Waals surface area (Å²) in [5, 5.41) is 2.97. The van der Waals surface area contributed by atoms with E-state index in [0.29, 0.717) is 19.4 Å². The average molecular weight is 328 g/mol. The predicted molar refractivity (Wildman–Crippen MR) is 81.9 cm³/mol. The third-order valence-corrected chi connectivity index (χ3v) is 6.63. The fourth-order valence-electron chi connectivity index (χ4n) is 3.36. The van der Waals surface area contributed by atoms with E-state index in [1.807, 2.05) is 0 Å². The number of nitrogens with zero attached hydrogens (tertiary/aromatic N) is 1. The van der Waals surface area contributed by atoms with Gasteiger partial charge in [0.2, 0.25) is 11.8 Å². The summed E-state index contributed by atoms with van der Waals surface area (Å²) in [4.78, 5) is 26.6. The van der Waals surface area contributed by atoms with E-state index in [9.17, 15) is 18.0 Å². The molecular weight excluding hydrogens is 304 g/mol. The third kappa shape index (κ3) is 3.62. The SMILES string of the molecule is O=C(NC1CCS(=O)(=O)CC1)C1CCCCN1C(=O)C1CC1. The van der Waals surface area contributed by atoms with Crippen LogP contribution < -0.4 is 5.32 Å². The second kappa shape index (κ2) is 6.18. The molecule has 3 aliphatic rings. The lowest BCUT2D eigenvalue weighted by Crippen LogP contribution is -2.54. The zero-order valence-electron chi connectivity index (χ0n) is 12.8. The summed E-state index contributed by atoms with van der Waals surface area (Å²) in [6.45, 7) is 0.673. The Kier molecular flexibility index (Phi) is 4.43. The maximum absolute atomic E-state index is 12.5. The molecule has 0 aromatic carbocycles. The summed E-state index contributed by atoms with van der Waals surface area (Å²) in [6, 6.07) is -0.434. The van der Waals surface area contributed by atoms with E-state index >= 15 is 0 Å².